The molecule has 0 aliphatic carbocycles. The topological polar surface area (TPSA) is 52.6 Å². The number of aryl methyl sites for hydroxylation is 1. The van der Waals surface area contributed by atoms with E-state index in [9.17, 15) is 8.42 Å². The van der Waals surface area contributed by atoms with Crippen LogP contribution < -0.4 is 4.74 Å². The van der Waals surface area contributed by atoms with Gasteiger partial charge in [0.1, 0.15) is 5.75 Å². The Morgan fingerprint density at radius 3 is 2.21 bits per heavy atom. The van der Waals surface area contributed by atoms with Crippen LogP contribution in [0, 0.1) is 6.92 Å². The fraction of sp³-hybridized carbons (Fsp3) is 0.130. The molecule has 0 fully saturated rings. The lowest BCUT2D eigenvalue weighted by Gasteiger charge is -2.14. The van der Waals surface area contributed by atoms with Gasteiger partial charge in [-0.15, -0.1) is 0 Å². The van der Waals surface area contributed by atoms with E-state index >= 15 is 0 Å². The summed E-state index contributed by atoms with van der Waals surface area (Å²) in [6.45, 7) is 1.92. The van der Waals surface area contributed by atoms with Crippen molar-refractivity contribution in [1.82, 2.24) is 0 Å². The number of rotatable bonds is 7. The summed E-state index contributed by atoms with van der Waals surface area (Å²) in [5.41, 5.74) is 3.77. The van der Waals surface area contributed by atoms with Crippen LogP contribution >= 0.6 is 0 Å². The highest BCUT2D eigenvalue weighted by Gasteiger charge is 2.15. The van der Waals surface area contributed by atoms with Gasteiger partial charge >= 0.3 is 0 Å². The van der Waals surface area contributed by atoms with E-state index in [-0.39, 0.29) is 11.5 Å². The van der Waals surface area contributed by atoms with Gasteiger partial charge in [0.25, 0.3) is 10.1 Å². The standard InChI is InChI=1S/C23H22O4S/c1-18-13-14-23(26-2)22(17-18)21(19-9-5-3-6-10-19)15-16-27-28(24,25)20-11-7-4-8-12-20/h3-15,17H,16H2,1-2H3/b21-15+. The molecule has 144 valence electrons. The van der Waals surface area contributed by atoms with Crippen LogP contribution in [0.1, 0.15) is 16.7 Å². The third kappa shape index (κ3) is 4.68. The molecular formula is C23H22O4S. The van der Waals surface area contributed by atoms with Crippen molar-refractivity contribution >= 4 is 15.7 Å². The number of benzene rings is 3. The van der Waals surface area contributed by atoms with Crippen LogP contribution in [0.4, 0.5) is 0 Å². The van der Waals surface area contributed by atoms with Crippen LogP contribution in [0.2, 0.25) is 0 Å². The van der Waals surface area contributed by atoms with Crippen molar-refractivity contribution in [2.24, 2.45) is 0 Å². The average Bonchev–Trinajstić information content (AvgIpc) is 2.72. The van der Waals surface area contributed by atoms with Crippen LogP contribution in [0.5, 0.6) is 5.75 Å². The van der Waals surface area contributed by atoms with Gasteiger partial charge < -0.3 is 4.74 Å². The lowest BCUT2D eigenvalue weighted by molar-refractivity contribution is 0.357. The summed E-state index contributed by atoms with van der Waals surface area (Å²) in [6, 6.07) is 23.8. The summed E-state index contributed by atoms with van der Waals surface area (Å²) in [7, 11) is -2.20. The highest BCUT2D eigenvalue weighted by Crippen LogP contribution is 2.32. The monoisotopic (exact) mass is 394 g/mol. The van der Waals surface area contributed by atoms with E-state index in [2.05, 4.69) is 0 Å². The molecule has 0 bridgehead atoms. The normalized spacial score (nSPS) is 12.0. The molecule has 0 amide bonds. The molecule has 3 rings (SSSR count). The van der Waals surface area contributed by atoms with Crippen molar-refractivity contribution in [2.45, 2.75) is 11.8 Å². The van der Waals surface area contributed by atoms with Crippen LogP contribution in [-0.2, 0) is 14.3 Å². The molecule has 3 aromatic rings. The molecule has 0 atom stereocenters. The quantitative estimate of drug-likeness (QED) is 0.538. The molecule has 0 aliphatic rings. The zero-order valence-electron chi connectivity index (χ0n) is 15.8. The Morgan fingerprint density at radius 2 is 1.57 bits per heavy atom. The molecule has 28 heavy (non-hydrogen) atoms. The molecule has 0 N–H and O–H groups in total. The first-order valence-corrected chi connectivity index (χ1v) is 10.3. The predicted octanol–water partition coefficient (Wildman–Crippen LogP) is 4.84. The predicted molar refractivity (Wildman–Crippen MR) is 111 cm³/mol. The molecule has 0 saturated heterocycles. The van der Waals surface area contributed by atoms with Crippen LogP contribution in [0.25, 0.3) is 5.57 Å². The first kappa shape index (κ1) is 19.9. The fourth-order valence-corrected chi connectivity index (χ4v) is 3.77. The Hall–Kier alpha value is -2.89. The van der Waals surface area contributed by atoms with E-state index < -0.39 is 10.1 Å². The minimum absolute atomic E-state index is 0.0848. The molecule has 0 spiro atoms. The van der Waals surface area contributed by atoms with Crippen LogP contribution in [-0.4, -0.2) is 22.1 Å². The van der Waals surface area contributed by atoms with E-state index in [1.165, 1.54) is 12.1 Å². The number of hydrogen-bond acceptors (Lipinski definition) is 4. The summed E-state index contributed by atoms with van der Waals surface area (Å²) >= 11 is 0. The minimum atomic E-state index is -3.82. The third-order valence-corrected chi connectivity index (χ3v) is 5.57. The molecule has 4 nitrogen and oxygen atoms in total. The van der Waals surface area contributed by atoms with Gasteiger partial charge in [0.2, 0.25) is 0 Å². The molecule has 0 unspecified atom stereocenters. The van der Waals surface area contributed by atoms with Crippen LogP contribution in [0.3, 0.4) is 0 Å². The van der Waals surface area contributed by atoms with Crippen molar-refractivity contribution in [3.63, 3.8) is 0 Å². The molecule has 5 heteroatoms. The Bertz CT molecular complexity index is 1060. The molecule has 0 aromatic heterocycles. The Morgan fingerprint density at radius 1 is 0.929 bits per heavy atom. The van der Waals surface area contributed by atoms with Gasteiger partial charge in [-0.3, -0.25) is 4.18 Å². The smallest absolute Gasteiger partial charge is 0.297 e. The van der Waals surface area contributed by atoms with Crippen molar-refractivity contribution < 1.29 is 17.3 Å². The first-order valence-electron chi connectivity index (χ1n) is 8.86. The Labute approximate surface area is 166 Å². The second-order valence-electron chi connectivity index (χ2n) is 6.24. The van der Waals surface area contributed by atoms with Crippen molar-refractivity contribution in [3.05, 3.63) is 102 Å². The van der Waals surface area contributed by atoms with E-state index in [1.807, 2.05) is 55.5 Å². The zero-order valence-corrected chi connectivity index (χ0v) is 16.6. The van der Waals surface area contributed by atoms with Gasteiger partial charge in [-0.25, -0.2) is 0 Å². The summed E-state index contributed by atoms with van der Waals surface area (Å²) in [5.74, 6) is 0.714. The Kier molecular flexibility index (Phi) is 6.29. The maximum Gasteiger partial charge on any atom is 0.297 e. The summed E-state index contributed by atoms with van der Waals surface area (Å²) in [6.07, 6.45) is 1.77. The summed E-state index contributed by atoms with van der Waals surface area (Å²) in [4.78, 5) is 0.137. The molecular weight excluding hydrogens is 372 g/mol. The van der Waals surface area contributed by atoms with Gasteiger partial charge in [-0.1, -0.05) is 60.2 Å². The number of ether oxygens (including phenoxy) is 1. The van der Waals surface area contributed by atoms with E-state index in [1.54, 1.807) is 31.4 Å². The van der Waals surface area contributed by atoms with Crippen molar-refractivity contribution in [3.8, 4) is 5.75 Å². The first-order chi connectivity index (χ1) is 13.5. The van der Waals surface area contributed by atoms with Crippen LogP contribution in [0.15, 0.2) is 89.8 Å². The average molecular weight is 394 g/mol. The SMILES string of the molecule is COc1ccc(C)cc1/C(=C/COS(=O)(=O)c1ccccc1)c1ccccc1. The third-order valence-electron chi connectivity index (χ3n) is 4.27. The van der Waals surface area contributed by atoms with Gasteiger partial charge in [-0.05, 0) is 48.4 Å². The van der Waals surface area contributed by atoms with Crippen molar-refractivity contribution in [1.29, 1.82) is 0 Å². The fourth-order valence-electron chi connectivity index (χ4n) is 2.90. The number of methoxy groups -OCH3 is 1. The largest absolute Gasteiger partial charge is 0.496 e. The van der Waals surface area contributed by atoms with E-state index in [0.29, 0.717) is 5.75 Å². The minimum Gasteiger partial charge on any atom is -0.496 e. The molecule has 0 radical (unpaired) electrons. The molecule has 0 heterocycles. The second-order valence-corrected chi connectivity index (χ2v) is 7.85. The maximum atomic E-state index is 12.4. The van der Waals surface area contributed by atoms with E-state index in [0.717, 1.165) is 22.3 Å². The maximum absolute atomic E-state index is 12.4. The van der Waals surface area contributed by atoms with E-state index in [4.69, 9.17) is 8.92 Å². The highest BCUT2D eigenvalue weighted by molar-refractivity contribution is 7.86. The van der Waals surface area contributed by atoms with Gasteiger partial charge in [0.15, 0.2) is 0 Å². The number of hydrogen-bond donors (Lipinski definition) is 0. The van der Waals surface area contributed by atoms with Gasteiger partial charge in [0.05, 0.1) is 18.6 Å². The lowest BCUT2D eigenvalue weighted by atomic mass is 9.95. The molecule has 0 saturated carbocycles. The van der Waals surface area contributed by atoms with Gasteiger partial charge in [-0.2, -0.15) is 8.42 Å². The summed E-state index contributed by atoms with van der Waals surface area (Å²) in [5, 5.41) is 0. The Balaban J connectivity index is 1.96. The van der Waals surface area contributed by atoms with Gasteiger partial charge in [0, 0.05) is 5.56 Å². The lowest BCUT2D eigenvalue weighted by Crippen LogP contribution is -2.07. The second kappa shape index (κ2) is 8.87. The molecule has 3 aromatic carbocycles. The zero-order chi connectivity index (χ0) is 20.0. The van der Waals surface area contributed by atoms with Crippen molar-refractivity contribution in [2.75, 3.05) is 13.7 Å². The highest BCUT2D eigenvalue weighted by atomic mass is 32.2. The molecule has 0 aliphatic heterocycles. The summed E-state index contributed by atoms with van der Waals surface area (Å²) < 4.78 is 35.5.